The molecule has 1 amide bonds. The van der Waals surface area contributed by atoms with Gasteiger partial charge in [0.25, 0.3) is 5.91 Å². The predicted molar refractivity (Wildman–Crippen MR) is 124 cm³/mol. The van der Waals surface area contributed by atoms with E-state index in [1.807, 2.05) is 26.2 Å². The third kappa shape index (κ3) is 4.76. The van der Waals surface area contributed by atoms with E-state index in [4.69, 9.17) is 32.7 Å². The minimum Gasteiger partial charge on any atom is -0.454 e. The fourth-order valence-corrected chi connectivity index (χ4v) is 4.43. The average molecular weight is 489 g/mol. The summed E-state index contributed by atoms with van der Waals surface area (Å²) in [5.41, 5.74) is 1.12. The molecule has 0 spiro atoms. The maximum Gasteiger partial charge on any atom is 0.261 e. The van der Waals surface area contributed by atoms with E-state index in [-0.39, 0.29) is 25.1 Å². The molecule has 0 N–H and O–H groups in total. The Bertz CT molecular complexity index is 1030. The number of amides is 1. The summed E-state index contributed by atoms with van der Waals surface area (Å²) >= 11 is 13.8. The largest absolute Gasteiger partial charge is 0.454 e. The molecule has 160 valence electrons. The monoisotopic (exact) mass is 487 g/mol. The number of rotatable bonds is 6. The van der Waals surface area contributed by atoms with Crippen LogP contribution in [0.1, 0.15) is 16.8 Å². The quantitative estimate of drug-likeness (QED) is 0.468. The van der Waals surface area contributed by atoms with Crippen molar-refractivity contribution in [3.8, 4) is 11.5 Å². The molecule has 2 aromatic carbocycles. The number of thiazole rings is 1. The van der Waals surface area contributed by atoms with Gasteiger partial charge in [0, 0.05) is 23.7 Å². The molecule has 0 bridgehead atoms. The summed E-state index contributed by atoms with van der Waals surface area (Å²) in [5, 5.41) is 1.42. The number of nitrogens with zero attached hydrogens (tertiary/aromatic N) is 3. The Morgan fingerprint density at radius 1 is 1.13 bits per heavy atom. The molecular weight excluding hydrogens is 469 g/mol. The second kappa shape index (κ2) is 9.58. The molecule has 1 aliphatic rings. The van der Waals surface area contributed by atoms with Crippen LogP contribution in [0.15, 0.2) is 30.3 Å². The highest BCUT2D eigenvalue weighted by Gasteiger charge is 2.24. The van der Waals surface area contributed by atoms with Gasteiger partial charge in [0.2, 0.25) is 6.79 Å². The topological polar surface area (TPSA) is 54.9 Å². The van der Waals surface area contributed by atoms with Gasteiger partial charge >= 0.3 is 0 Å². The zero-order chi connectivity index (χ0) is 20.5. The van der Waals surface area contributed by atoms with Crippen molar-refractivity contribution >= 4 is 68.2 Å². The molecule has 3 aromatic rings. The normalized spacial score (nSPS) is 12.3. The standard InChI is InChI=1S/C20H19Cl2N3O3S.ClH/c1-24(2)6-3-7-25(19(26)13-8-12(21)4-5-14(13)22)20-23-15-9-16-17(28-11-27-16)10-18(15)29-20;/h4-5,8-10H,3,6-7,11H2,1-2H3;1H. The lowest BCUT2D eigenvalue weighted by molar-refractivity contribution is 0.0986. The van der Waals surface area contributed by atoms with Crippen molar-refractivity contribution in [1.29, 1.82) is 0 Å². The molecule has 4 rings (SSSR count). The Kier molecular flexibility index (Phi) is 7.31. The first kappa shape index (κ1) is 22.9. The number of anilines is 1. The average Bonchev–Trinajstić information content (AvgIpc) is 3.30. The fraction of sp³-hybridized carbons (Fsp3) is 0.300. The van der Waals surface area contributed by atoms with Gasteiger partial charge in [-0.05, 0) is 45.3 Å². The summed E-state index contributed by atoms with van der Waals surface area (Å²) in [6, 6.07) is 8.62. The third-order valence-corrected chi connectivity index (χ3v) is 6.10. The van der Waals surface area contributed by atoms with E-state index in [9.17, 15) is 4.79 Å². The first-order valence-electron chi connectivity index (χ1n) is 9.04. The number of carbonyl (C=O) groups excluding carboxylic acids is 1. The van der Waals surface area contributed by atoms with Gasteiger partial charge in [0.15, 0.2) is 16.6 Å². The highest BCUT2D eigenvalue weighted by atomic mass is 35.5. The van der Waals surface area contributed by atoms with Gasteiger partial charge in [-0.3, -0.25) is 9.69 Å². The van der Waals surface area contributed by atoms with Gasteiger partial charge in [-0.1, -0.05) is 34.5 Å². The first-order valence-corrected chi connectivity index (χ1v) is 10.6. The van der Waals surface area contributed by atoms with Gasteiger partial charge < -0.3 is 14.4 Å². The highest BCUT2D eigenvalue weighted by molar-refractivity contribution is 7.22. The Balaban J connectivity index is 0.00000256. The summed E-state index contributed by atoms with van der Waals surface area (Å²) in [6.07, 6.45) is 0.787. The van der Waals surface area contributed by atoms with E-state index in [0.29, 0.717) is 38.8 Å². The zero-order valence-electron chi connectivity index (χ0n) is 16.4. The molecule has 2 heterocycles. The second-order valence-corrected chi connectivity index (χ2v) is 8.76. The van der Waals surface area contributed by atoms with Crippen molar-refractivity contribution < 1.29 is 14.3 Å². The lowest BCUT2D eigenvalue weighted by Crippen LogP contribution is -2.33. The van der Waals surface area contributed by atoms with E-state index in [1.165, 1.54) is 11.3 Å². The van der Waals surface area contributed by atoms with Crippen LogP contribution >= 0.6 is 46.9 Å². The maximum absolute atomic E-state index is 13.4. The number of hydrogen-bond donors (Lipinski definition) is 0. The van der Waals surface area contributed by atoms with Crippen LogP contribution in [0.2, 0.25) is 10.0 Å². The third-order valence-electron chi connectivity index (χ3n) is 4.49. The van der Waals surface area contributed by atoms with Gasteiger partial charge in [-0.25, -0.2) is 4.98 Å². The van der Waals surface area contributed by atoms with Crippen molar-refractivity contribution in [3.63, 3.8) is 0 Å². The minimum atomic E-state index is -0.227. The van der Waals surface area contributed by atoms with Crippen LogP contribution < -0.4 is 14.4 Å². The summed E-state index contributed by atoms with van der Waals surface area (Å²) in [7, 11) is 4.00. The molecule has 0 radical (unpaired) electrons. The fourth-order valence-electron chi connectivity index (χ4n) is 3.06. The summed E-state index contributed by atoms with van der Waals surface area (Å²) in [5.74, 6) is 1.13. The van der Waals surface area contributed by atoms with Gasteiger partial charge in [-0.15, -0.1) is 12.4 Å². The number of halogens is 3. The van der Waals surface area contributed by atoms with Crippen LogP contribution in [0.5, 0.6) is 11.5 Å². The molecule has 0 fully saturated rings. The highest BCUT2D eigenvalue weighted by Crippen LogP contribution is 2.40. The van der Waals surface area contributed by atoms with Crippen molar-refractivity contribution in [3.05, 3.63) is 45.9 Å². The summed E-state index contributed by atoms with van der Waals surface area (Å²) < 4.78 is 11.8. The summed E-state index contributed by atoms with van der Waals surface area (Å²) in [4.78, 5) is 21.8. The molecule has 30 heavy (non-hydrogen) atoms. The first-order chi connectivity index (χ1) is 13.9. The van der Waals surface area contributed by atoms with E-state index in [1.54, 1.807) is 23.1 Å². The number of benzene rings is 2. The van der Waals surface area contributed by atoms with Crippen molar-refractivity contribution in [1.82, 2.24) is 9.88 Å². The van der Waals surface area contributed by atoms with Crippen LogP contribution in [0.25, 0.3) is 10.2 Å². The number of ether oxygens (including phenoxy) is 2. The number of aromatic nitrogens is 1. The molecule has 0 aliphatic carbocycles. The number of hydrogen-bond acceptors (Lipinski definition) is 6. The smallest absolute Gasteiger partial charge is 0.261 e. The van der Waals surface area contributed by atoms with Gasteiger partial charge in [-0.2, -0.15) is 0 Å². The number of fused-ring (bicyclic) bond motifs is 2. The second-order valence-electron chi connectivity index (χ2n) is 6.91. The van der Waals surface area contributed by atoms with Gasteiger partial charge in [0.05, 0.1) is 20.8 Å². The van der Waals surface area contributed by atoms with Crippen LogP contribution in [0, 0.1) is 0 Å². The Labute approximate surface area is 194 Å². The Hall–Kier alpha value is -1.77. The van der Waals surface area contributed by atoms with Crippen LogP contribution in [0.3, 0.4) is 0 Å². The zero-order valence-corrected chi connectivity index (χ0v) is 19.5. The molecule has 10 heteroatoms. The van der Waals surface area contributed by atoms with Crippen molar-refractivity contribution in [2.75, 3.05) is 38.9 Å². The molecule has 0 atom stereocenters. The Morgan fingerprint density at radius 2 is 1.87 bits per heavy atom. The van der Waals surface area contributed by atoms with Gasteiger partial charge in [0.1, 0.15) is 0 Å². The predicted octanol–water partition coefficient (Wildman–Crippen LogP) is 5.35. The van der Waals surface area contributed by atoms with Crippen LogP contribution in [-0.2, 0) is 0 Å². The van der Waals surface area contributed by atoms with Crippen LogP contribution in [-0.4, -0.2) is 49.8 Å². The minimum absolute atomic E-state index is 0. The maximum atomic E-state index is 13.4. The van der Waals surface area contributed by atoms with Crippen LogP contribution in [0.4, 0.5) is 5.13 Å². The van der Waals surface area contributed by atoms with E-state index >= 15 is 0 Å². The lowest BCUT2D eigenvalue weighted by atomic mass is 10.2. The Morgan fingerprint density at radius 3 is 2.60 bits per heavy atom. The van der Waals surface area contributed by atoms with E-state index in [2.05, 4.69) is 9.88 Å². The lowest BCUT2D eigenvalue weighted by Gasteiger charge is -2.21. The number of carbonyl (C=O) groups is 1. The van der Waals surface area contributed by atoms with Crippen molar-refractivity contribution in [2.24, 2.45) is 0 Å². The molecule has 6 nitrogen and oxygen atoms in total. The molecule has 0 saturated carbocycles. The van der Waals surface area contributed by atoms with E-state index in [0.717, 1.165) is 23.2 Å². The molecule has 0 saturated heterocycles. The van der Waals surface area contributed by atoms with E-state index < -0.39 is 0 Å². The van der Waals surface area contributed by atoms with Crippen molar-refractivity contribution in [2.45, 2.75) is 6.42 Å². The molecule has 1 aliphatic heterocycles. The molecular formula is C20H20Cl3N3O3S. The summed E-state index contributed by atoms with van der Waals surface area (Å²) in [6.45, 7) is 1.56. The molecule has 0 unspecified atom stereocenters. The SMILES string of the molecule is CN(C)CCCN(C(=O)c1cc(Cl)ccc1Cl)c1nc2cc3c(cc2s1)OCO3.Cl. The molecule has 1 aromatic heterocycles.